The third-order valence-corrected chi connectivity index (χ3v) is 4.14. The van der Waals surface area contributed by atoms with Crippen LogP contribution in [0.15, 0.2) is 12.7 Å². The van der Waals surface area contributed by atoms with Gasteiger partial charge in [0.15, 0.2) is 11.5 Å². The van der Waals surface area contributed by atoms with Crippen molar-refractivity contribution in [1.82, 2.24) is 24.4 Å². The number of nitrogens with zero attached hydrogens (tertiary/aromatic N) is 5. The number of imidazole rings is 1. The van der Waals surface area contributed by atoms with Crippen molar-refractivity contribution in [3.63, 3.8) is 0 Å². The summed E-state index contributed by atoms with van der Waals surface area (Å²) in [5.41, 5.74) is 7.37. The Morgan fingerprint density at radius 3 is 2.81 bits per heavy atom. The van der Waals surface area contributed by atoms with Gasteiger partial charge < -0.3 is 15.2 Å². The highest BCUT2D eigenvalue weighted by atomic mass is 15.2. The summed E-state index contributed by atoms with van der Waals surface area (Å²) >= 11 is 0. The average molecular weight is 288 g/mol. The van der Waals surface area contributed by atoms with Crippen molar-refractivity contribution in [1.29, 1.82) is 0 Å². The Balaban J connectivity index is 1.57. The fraction of sp³-hybridized carbons (Fsp3) is 0.667. The van der Waals surface area contributed by atoms with Gasteiger partial charge in [-0.15, -0.1) is 0 Å². The molecule has 1 saturated carbocycles. The molecule has 1 aliphatic carbocycles. The summed E-state index contributed by atoms with van der Waals surface area (Å²) in [4.78, 5) is 15.2. The summed E-state index contributed by atoms with van der Waals surface area (Å²) in [6.07, 6.45) is 9.77. The third-order valence-electron chi connectivity index (χ3n) is 4.14. The van der Waals surface area contributed by atoms with Crippen LogP contribution in [0.3, 0.4) is 0 Å². The predicted molar refractivity (Wildman–Crippen MR) is 83.9 cm³/mol. The number of hydrogen-bond acceptors (Lipinski definition) is 5. The smallest absolute Gasteiger partial charge is 0.165 e. The number of rotatable bonds is 8. The van der Waals surface area contributed by atoms with Gasteiger partial charge in [-0.25, -0.2) is 15.0 Å². The van der Waals surface area contributed by atoms with Gasteiger partial charge in [-0.3, -0.25) is 0 Å². The van der Waals surface area contributed by atoms with Crippen LogP contribution in [0.1, 0.15) is 39.0 Å². The van der Waals surface area contributed by atoms with Crippen molar-refractivity contribution in [2.24, 2.45) is 0 Å². The standard InChI is InChI=1S/C15H24N6/c1-2-3-7-20(12-5-6-12)8-4-9-21-11-19-13-14(16)17-10-18-15(13)21/h10-12H,2-9H2,1H3,(H2,16,17,18). The number of anilines is 1. The molecule has 6 heteroatoms. The zero-order valence-electron chi connectivity index (χ0n) is 12.7. The second-order valence-electron chi connectivity index (χ2n) is 5.84. The molecule has 6 nitrogen and oxygen atoms in total. The van der Waals surface area contributed by atoms with Crippen LogP contribution in [0.25, 0.3) is 11.2 Å². The maximum Gasteiger partial charge on any atom is 0.165 e. The van der Waals surface area contributed by atoms with Gasteiger partial charge in [0.1, 0.15) is 11.8 Å². The zero-order valence-corrected chi connectivity index (χ0v) is 12.7. The summed E-state index contributed by atoms with van der Waals surface area (Å²) in [7, 11) is 0. The fourth-order valence-corrected chi connectivity index (χ4v) is 2.78. The van der Waals surface area contributed by atoms with Gasteiger partial charge >= 0.3 is 0 Å². The lowest BCUT2D eigenvalue weighted by Gasteiger charge is -2.21. The van der Waals surface area contributed by atoms with Crippen LogP contribution in [-0.2, 0) is 6.54 Å². The molecule has 0 saturated heterocycles. The quantitative estimate of drug-likeness (QED) is 0.805. The number of hydrogen-bond donors (Lipinski definition) is 1. The monoisotopic (exact) mass is 288 g/mol. The molecule has 2 aromatic heterocycles. The highest BCUT2D eigenvalue weighted by Crippen LogP contribution is 2.27. The van der Waals surface area contributed by atoms with Crippen LogP contribution in [0.5, 0.6) is 0 Å². The van der Waals surface area contributed by atoms with E-state index in [9.17, 15) is 0 Å². The predicted octanol–water partition coefficient (Wildman–Crippen LogP) is 2.06. The van der Waals surface area contributed by atoms with Gasteiger partial charge in [-0.1, -0.05) is 13.3 Å². The molecule has 0 amide bonds. The minimum absolute atomic E-state index is 0.460. The van der Waals surface area contributed by atoms with Crippen LogP contribution >= 0.6 is 0 Å². The first-order valence-corrected chi connectivity index (χ1v) is 7.95. The summed E-state index contributed by atoms with van der Waals surface area (Å²) < 4.78 is 2.08. The van der Waals surface area contributed by atoms with Crippen molar-refractivity contribution in [3.8, 4) is 0 Å². The van der Waals surface area contributed by atoms with E-state index in [1.165, 1.54) is 38.6 Å². The zero-order chi connectivity index (χ0) is 14.7. The van der Waals surface area contributed by atoms with Crippen molar-refractivity contribution in [3.05, 3.63) is 12.7 Å². The van der Waals surface area contributed by atoms with E-state index >= 15 is 0 Å². The second-order valence-corrected chi connectivity index (χ2v) is 5.84. The number of fused-ring (bicyclic) bond motifs is 1. The molecule has 0 bridgehead atoms. The number of aryl methyl sites for hydroxylation is 1. The third kappa shape index (κ3) is 3.32. The van der Waals surface area contributed by atoms with Crippen LogP contribution in [0, 0.1) is 0 Å². The molecular formula is C15H24N6. The van der Waals surface area contributed by atoms with E-state index < -0.39 is 0 Å². The molecule has 0 unspecified atom stereocenters. The Labute approximate surface area is 125 Å². The molecule has 2 aromatic rings. The van der Waals surface area contributed by atoms with E-state index in [0.717, 1.165) is 31.2 Å². The van der Waals surface area contributed by atoms with Crippen LogP contribution in [0.4, 0.5) is 5.82 Å². The van der Waals surface area contributed by atoms with Gasteiger partial charge in [0.25, 0.3) is 0 Å². The van der Waals surface area contributed by atoms with Crippen molar-refractivity contribution >= 4 is 17.0 Å². The number of aromatic nitrogens is 4. The average Bonchev–Trinajstić information content (AvgIpc) is 3.24. The molecule has 0 radical (unpaired) electrons. The van der Waals surface area contributed by atoms with Gasteiger partial charge in [0.05, 0.1) is 6.33 Å². The summed E-state index contributed by atoms with van der Waals surface area (Å²) in [5.74, 6) is 0.460. The van der Waals surface area contributed by atoms with Gasteiger partial charge in [0, 0.05) is 19.1 Å². The number of nitrogen functional groups attached to an aromatic ring is 1. The molecule has 0 aromatic carbocycles. The first-order valence-electron chi connectivity index (χ1n) is 7.95. The van der Waals surface area contributed by atoms with E-state index in [0.29, 0.717) is 11.3 Å². The van der Waals surface area contributed by atoms with Gasteiger partial charge in [-0.05, 0) is 32.2 Å². The largest absolute Gasteiger partial charge is 0.382 e. The number of nitrogens with two attached hydrogens (primary N) is 1. The van der Waals surface area contributed by atoms with Crippen LogP contribution < -0.4 is 5.73 Å². The molecule has 0 atom stereocenters. The lowest BCUT2D eigenvalue weighted by Crippen LogP contribution is -2.29. The number of unbranched alkanes of at least 4 members (excludes halogenated alkanes) is 1. The Hall–Kier alpha value is -1.69. The molecule has 3 rings (SSSR count). The molecule has 2 heterocycles. The molecule has 0 aliphatic heterocycles. The van der Waals surface area contributed by atoms with Gasteiger partial charge in [0.2, 0.25) is 0 Å². The molecule has 0 spiro atoms. The van der Waals surface area contributed by atoms with E-state index in [2.05, 4.69) is 31.3 Å². The normalized spacial score (nSPS) is 15.1. The first kappa shape index (κ1) is 14.3. The van der Waals surface area contributed by atoms with E-state index in [1.54, 1.807) is 0 Å². The van der Waals surface area contributed by atoms with Crippen molar-refractivity contribution < 1.29 is 0 Å². The first-order chi connectivity index (χ1) is 10.3. The Morgan fingerprint density at radius 2 is 2.05 bits per heavy atom. The maximum atomic E-state index is 5.81. The van der Waals surface area contributed by atoms with E-state index in [4.69, 9.17) is 5.73 Å². The second kappa shape index (κ2) is 6.39. The van der Waals surface area contributed by atoms with E-state index in [-0.39, 0.29) is 0 Å². The summed E-state index contributed by atoms with van der Waals surface area (Å²) in [6, 6.07) is 0.842. The van der Waals surface area contributed by atoms with E-state index in [1.807, 2.05) is 6.33 Å². The molecule has 21 heavy (non-hydrogen) atoms. The molecule has 2 N–H and O–H groups in total. The Bertz CT molecular complexity index is 589. The van der Waals surface area contributed by atoms with Crippen LogP contribution in [-0.4, -0.2) is 43.6 Å². The highest BCUT2D eigenvalue weighted by molar-refractivity contribution is 5.80. The molecule has 114 valence electrons. The molecule has 1 fully saturated rings. The summed E-state index contributed by atoms with van der Waals surface area (Å²) in [5, 5.41) is 0. The minimum Gasteiger partial charge on any atom is -0.382 e. The maximum absolute atomic E-state index is 5.81. The Kier molecular flexibility index (Phi) is 4.34. The van der Waals surface area contributed by atoms with Crippen LogP contribution in [0.2, 0.25) is 0 Å². The molecule has 1 aliphatic rings. The van der Waals surface area contributed by atoms with Crippen molar-refractivity contribution in [2.45, 2.75) is 51.6 Å². The fourth-order valence-electron chi connectivity index (χ4n) is 2.78. The lowest BCUT2D eigenvalue weighted by molar-refractivity contribution is 0.251. The topological polar surface area (TPSA) is 72.9 Å². The molecular weight excluding hydrogens is 264 g/mol. The van der Waals surface area contributed by atoms with Crippen molar-refractivity contribution in [2.75, 3.05) is 18.8 Å². The Morgan fingerprint density at radius 1 is 1.24 bits per heavy atom. The lowest BCUT2D eigenvalue weighted by atomic mass is 10.3. The summed E-state index contributed by atoms with van der Waals surface area (Å²) in [6.45, 7) is 5.58. The highest BCUT2D eigenvalue weighted by Gasteiger charge is 2.27. The SMILES string of the molecule is CCCCN(CCCn1cnc2c(N)ncnc21)C1CC1. The van der Waals surface area contributed by atoms with Gasteiger partial charge in [-0.2, -0.15) is 0 Å². The minimum atomic E-state index is 0.460.